The highest BCUT2D eigenvalue weighted by Crippen LogP contribution is 2.34. The zero-order valence-electron chi connectivity index (χ0n) is 12.1. The highest BCUT2D eigenvalue weighted by Gasteiger charge is 2.37. The quantitative estimate of drug-likeness (QED) is 0.906. The molecule has 0 saturated heterocycles. The summed E-state index contributed by atoms with van der Waals surface area (Å²) >= 11 is 0. The smallest absolute Gasteiger partial charge is 0.233 e. The fourth-order valence-electron chi connectivity index (χ4n) is 2.85. The number of hydrogen-bond acceptors (Lipinski definition) is 3. The molecule has 0 radical (unpaired) electrons. The summed E-state index contributed by atoms with van der Waals surface area (Å²) in [7, 11) is 0. The zero-order chi connectivity index (χ0) is 14.9. The maximum absolute atomic E-state index is 12.2. The first-order valence-corrected chi connectivity index (χ1v) is 7.21. The van der Waals surface area contributed by atoms with E-state index in [4.69, 9.17) is 5.73 Å². The number of primary amides is 1. The standard InChI is InChI=1S/C17H19N3O/c1-17(16(18)21,15-6-2-3-9-20-15)13-8-7-12-5-4-10-19-14(12)11-13/h2-3,6-9,11,19H,4-5,10H2,1H3,(H2,18,21). The molecule has 1 amide bonds. The number of amides is 1. The minimum atomic E-state index is -0.921. The third-order valence-electron chi connectivity index (χ3n) is 4.30. The third-order valence-corrected chi connectivity index (χ3v) is 4.30. The summed E-state index contributed by atoms with van der Waals surface area (Å²) in [4.78, 5) is 16.5. The van der Waals surface area contributed by atoms with E-state index in [0.717, 1.165) is 30.6 Å². The van der Waals surface area contributed by atoms with Crippen LogP contribution in [0.4, 0.5) is 5.69 Å². The van der Waals surface area contributed by atoms with Gasteiger partial charge < -0.3 is 11.1 Å². The van der Waals surface area contributed by atoms with Crippen molar-refractivity contribution in [1.82, 2.24) is 4.98 Å². The van der Waals surface area contributed by atoms with Crippen LogP contribution in [0.1, 0.15) is 30.2 Å². The van der Waals surface area contributed by atoms with Crippen molar-refractivity contribution in [3.05, 3.63) is 59.4 Å². The third kappa shape index (κ3) is 2.27. The number of anilines is 1. The average Bonchev–Trinajstić information content (AvgIpc) is 2.54. The monoisotopic (exact) mass is 281 g/mol. The molecule has 1 aromatic carbocycles. The minimum absolute atomic E-state index is 0.392. The molecule has 1 aliphatic heterocycles. The molecule has 1 unspecified atom stereocenters. The van der Waals surface area contributed by atoms with E-state index in [-0.39, 0.29) is 0 Å². The molecule has 108 valence electrons. The summed E-state index contributed by atoms with van der Waals surface area (Å²) < 4.78 is 0. The Hall–Kier alpha value is -2.36. The van der Waals surface area contributed by atoms with Crippen molar-refractivity contribution in [2.45, 2.75) is 25.2 Å². The minimum Gasteiger partial charge on any atom is -0.385 e. The number of aromatic nitrogens is 1. The van der Waals surface area contributed by atoms with Gasteiger partial charge in [0.05, 0.1) is 5.69 Å². The normalized spacial score (nSPS) is 16.4. The molecule has 1 aliphatic rings. The Morgan fingerprint density at radius 2 is 2.19 bits per heavy atom. The number of carbonyl (C=O) groups excluding carboxylic acids is 1. The van der Waals surface area contributed by atoms with E-state index in [9.17, 15) is 4.79 Å². The maximum atomic E-state index is 12.2. The van der Waals surface area contributed by atoms with Crippen LogP contribution in [-0.4, -0.2) is 17.4 Å². The number of nitrogens with zero attached hydrogens (tertiary/aromatic N) is 1. The fourth-order valence-corrected chi connectivity index (χ4v) is 2.85. The summed E-state index contributed by atoms with van der Waals surface area (Å²) in [5.74, 6) is -0.392. The predicted octanol–water partition coefficient (Wildman–Crippen LogP) is 2.23. The Morgan fingerprint density at radius 3 is 2.90 bits per heavy atom. The van der Waals surface area contributed by atoms with E-state index in [0.29, 0.717) is 5.69 Å². The molecule has 3 rings (SSSR count). The number of pyridine rings is 1. The molecular weight excluding hydrogens is 262 g/mol. The van der Waals surface area contributed by atoms with Gasteiger partial charge in [0.1, 0.15) is 5.41 Å². The average molecular weight is 281 g/mol. The molecule has 4 heteroatoms. The first-order valence-electron chi connectivity index (χ1n) is 7.21. The fraction of sp³-hybridized carbons (Fsp3) is 0.294. The van der Waals surface area contributed by atoms with Crippen LogP contribution in [-0.2, 0) is 16.6 Å². The predicted molar refractivity (Wildman–Crippen MR) is 83.1 cm³/mol. The van der Waals surface area contributed by atoms with Crippen molar-refractivity contribution < 1.29 is 4.79 Å². The highest BCUT2D eigenvalue weighted by atomic mass is 16.1. The SMILES string of the molecule is CC(C(N)=O)(c1ccc2c(c1)NCCC2)c1ccccn1. The number of fused-ring (bicyclic) bond motifs is 1. The van der Waals surface area contributed by atoms with Crippen LogP contribution < -0.4 is 11.1 Å². The van der Waals surface area contributed by atoms with Gasteiger partial charge >= 0.3 is 0 Å². The second kappa shape index (κ2) is 5.20. The van der Waals surface area contributed by atoms with Crippen LogP contribution in [0.25, 0.3) is 0 Å². The molecule has 21 heavy (non-hydrogen) atoms. The van der Waals surface area contributed by atoms with Crippen LogP contribution in [0.2, 0.25) is 0 Å². The first-order chi connectivity index (χ1) is 10.1. The number of carbonyl (C=O) groups is 1. The molecule has 2 aromatic rings. The van der Waals surface area contributed by atoms with Gasteiger partial charge in [-0.05, 0) is 49.1 Å². The summed E-state index contributed by atoms with van der Waals surface area (Å²) in [6, 6.07) is 11.7. The lowest BCUT2D eigenvalue weighted by molar-refractivity contribution is -0.121. The molecule has 0 spiro atoms. The van der Waals surface area contributed by atoms with Crippen molar-refractivity contribution in [3.63, 3.8) is 0 Å². The number of rotatable bonds is 3. The number of nitrogens with one attached hydrogen (secondary N) is 1. The first kappa shape index (κ1) is 13.6. The lowest BCUT2D eigenvalue weighted by atomic mass is 9.77. The Morgan fingerprint density at radius 1 is 1.33 bits per heavy atom. The van der Waals surface area contributed by atoms with Gasteiger partial charge in [0.25, 0.3) is 0 Å². The molecule has 4 nitrogen and oxygen atoms in total. The summed E-state index contributed by atoms with van der Waals surface area (Å²) in [6.45, 7) is 2.80. The Kier molecular flexibility index (Phi) is 3.37. The van der Waals surface area contributed by atoms with Crippen LogP contribution in [0.3, 0.4) is 0 Å². The van der Waals surface area contributed by atoms with E-state index in [1.54, 1.807) is 6.20 Å². The van der Waals surface area contributed by atoms with Crippen LogP contribution in [0, 0.1) is 0 Å². The molecule has 2 heterocycles. The Bertz CT molecular complexity index is 669. The van der Waals surface area contributed by atoms with E-state index >= 15 is 0 Å². The van der Waals surface area contributed by atoms with Gasteiger partial charge in [-0.3, -0.25) is 9.78 Å². The number of hydrogen-bond donors (Lipinski definition) is 2. The van der Waals surface area contributed by atoms with E-state index in [1.165, 1.54) is 5.56 Å². The van der Waals surface area contributed by atoms with Crippen molar-refractivity contribution >= 4 is 11.6 Å². The summed E-state index contributed by atoms with van der Waals surface area (Å²) in [5, 5.41) is 3.39. The molecule has 0 aliphatic carbocycles. The largest absolute Gasteiger partial charge is 0.385 e. The molecule has 0 bridgehead atoms. The topological polar surface area (TPSA) is 68.0 Å². The van der Waals surface area contributed by atoms with Crippen LogP contribution in [0.5, 0.6) is 0 Å². The van der Waals surface area contributed by atoms with Gasteiger partial charge in [-0.25, -0.2) is 0 Å². The van der Waals surface area contributed by atoms with Crippen LogP contribution in [0.15, 0.2) is 42.6 Å². The van der Waals surface area contributed by atoms with E-state index in [1.807, 2.05) is 37.3 Å². The molecule has 0 saturated carbocycles. The molecule has 1 aromatic heterocycles. The van der Waals surface area contributed by atoms with Gasteiger partial charge in [-0.2, -0.15) is 0 Å². The molecule has 0 fully saturated rings. The second-order valence-electron chi connectivity index (χ2n) is 5.61. The molecule has 1 atom stereocenters. The van der Waals surface area contributed by atoms with Crippen molar-refractivity contribution in [2.75, 3.05) is 11.9 Å². The van der Waals surface area contributed by atoms with Gasteiger partial charge in [-0.1, -0.05) is 18.2 Å². The van der Waals surface area contributed by atoms with Gasteiger partial charge in [-0.15, -0.1) is 0 Å². The van der Waals surface area contributed by atoms with E-state index < -0.39 is 11.3 Å². The van der Waals surface area contributed by atoms with Crippen molar-refractivity contribution in [2.24, 2.45) is 5.73 Å². The summed E-state index contributed by atoms with van der Waals surface area (Å²) in [6.07, 6.45) is 3.90. The maximum Gasteiger partial charge on any atom is 0.233 e. The summed E-state index contributed by atoms with van der Waals surface area (Å²) in [5.41, 5.74) is 8.73. The van der Waals surface area contributed by atoms with Gasteiger partial charge in [0.2, 0.25) is 5.91 Å². The second-order valence-corrected chi connectivity index (χ2v) is 5.61. The van der Waals surface area contributed by atoms with E-state index in [2.05, 4.69) is 16.4 Å². The molecule has 3 N–H and O–H groups in total. The van der Waals surface area contributed by atoms with Gasteiger partial charge in [0.15, 0.2) is 0 Å². The van der Waals surface area contributed by atoms with Crippen molar-refractivity contribution in [3.8, 4) is 0 Å². The molecular formula is C17H19N3O. The Balaban J connectivity index is 2.12. The lowest BCUT2D eigenvalue weighted by Crippen LogP contribution is -2.40. The highest BCUT2D eigenvalue weighted by molar-refractivity contribution is 5.90. The van der Waals surface area contributed by atoms with Gasteiger partial charge in [0, 0.05) is 18.4 Å². The van der Waals surface area contributed by atoms with Crippen molar-refractivity contribution in [1.29, 1.82) is 0 Å². The Labute approximate surface area is 124 Å². The zero-order valence-corrected chi connectivity index (χ0v) is 12.1. The number of benzene rings is 1. The lowest BCUT2D eigenvalue weighted by Gasteiger charge is -2.28. The number of nitrogens with two attached hydrogens (primary N) is 1. The number of aryl methyl sites for hydroxylation is 1. The van der Waals surface area contributed by atoms with Crippen LogP contribution >= 0.6 is 0 Å².